The standard InChI is InChI=1S/C19H17Cl2FN2O3/c1-12(24-19(26)13-2-4-14(20)5-3-13)8-9-23-18(25)11-27-15-6-7-16(21)17(22)10-15/h2-7,10H,1,8-9,11H2,(H,23,25)(H,24,26). The van der Waals surface area contributed by atoms with Crippen molar-refractivity contribution in [1.82, 2.24) is 10.6 Å². The molecule has 2 aromatic carbocycles. The van der Waals surface area contributed by atoms with Gasteiger partial charge in [-0.25, -0.2) is 4.39 Å². The van der Waals surface area contributed by atoms with Crippen molar-refractivity contribution >= 4 is 35.0 Å². The van der Waals surface area contributed by atoms with Gasteiger partial charge in [-0.3, -0.25) is 9.59 Å². The third kappa shape index (κ3) is 6.92. The average Bonchev–Trinajstić information content (AvgIpc) is 2.63. The van der Waals surface area contributed by atoms with Crippen LogP contribution in [-0.4, -0.2) is 25.0 Å². The molecule has 142 valence electrons. The number of carbonyl (C=O) groups is 2. The number of hydrogen-bond donors (Lipinski definition) is 2. The molecule has 0 heterocycles. The van der Waals surface area contributed by atoms with E-state index in [1.165, 1.54) is 12.1 Å². The summed E-state index contributed by atoms with van der Waals surface area (Å²) < 4.78 is 18.5. The molecule has 0 spiro atoms. The van der Waals surface area contributed by atoms with Gasteiger partial charge in [0.05, 0.1) is 5.02 Å². The largest absolute Gasteiger partial charge is 0.484 e. The maximum atomic E-state index is 13.3. The molecule has 8 heteroatoms. The molecular formula is C19H17Cl2FN2O3. The van der Waals surface area contributed by atoms with Crippen LogP contribution >= 0.6 is 23.2 Å². The molecule has 5 nitrogen and oxygen atoms in total. The Morgan fingerprint density at radius 1 is 1.11 bits per heavy atom. The Hall–Kier alpha value is -2.57. The van der Waals surface area contributed by atoms with Crippen molar-refractivity contribution in [2.75, 3.05) is 13.2 Å². The molecule has 0 saturated heterocycles. The minimum Gasteiger partial charge on any atom is -0.484 e. The first-order valence-corrected chi connectivity index (χ1v) is 8.70. The van der Waals surface area contributed by atoms with Crippen LogP contribution in [0.3, 0.4) is 0 Å². The van der Waals surface area contributed by atoms with Crippen LogP contribution in [0.25, 0.3) is 0 Å². The number of halogens is 3. The number of nitrogens with one attached hydrogen (secondary N) is 2. The fourth-order valence-corrected chi connectivity index (χ4v) is 2.26. The van der Waals surface area contributed by atoms with Crippen LogP contribution in [0.15, 0.2) is 54.7 Å². The van der Waals surface area contributed by atoms with Gasteiger partial charge in [0, 0.05) is 35.3 Å². The summed E-state index contributed by atoms with van der Waals surface area (Å²) in [6.45, 7) is 3.74. The number of benzene rings is 2. The summed E-state index contributed by atoms with van der Waals surface area (Å²) in [5.41, 5.74) is 0.907. The molecule has 2 amide bonds. The zero-order valence-corrected chi connectivity index (χ0v) is 15.7. The molecule has 0 saturated carbocycles. The highest BCUT2D eigenvalue weighted by atomic mass is 35.5. The van der Waals surface area contributed by atoms with E-state index in [4.69, 9.17) is 27.9 Å². The second-order valence-corrected chi connectivity index (χ2v) is 6.37. The van der Waals surface area contributed by atoms with Gasteiger partial charge in [-0.2, -0.15) is 0 Å². The van der Waals surface area contributed by atoms with Gasteiger partial charge in [0.1, 0.15) is 11.6 Å². The van der Waals surface area contributed by atoms with Gasteiger partial charge >= 0.3 is 0 Å². The number of carbonyl (C=O) groups excluding carboxylic acids is 2. The van der Waals surface area contributed by atoms with Gasteiger partial charge in [-0.1, -0.05) is 29.8 Å². The lowest BCUT2D eigenvalue weighted by Crippen LogP contribution is -2.31. The average molecular weight is 411 g/mol. The van der Waals surface area contributed by atoms with E-state index in [0.717, 1.165) is 6.07 Å². The highest BCUT2D eigenvalue weighted by Crippen LogP contribution is 2.20. The third-order valence-electron chi connectivity index (χ3n) is 3.41. The molecule has 0 bridgehead atoms. The molecule has 0 fully saturated rings. The molecule has 0 aromatic heterocycles. The Bertz CT molecular complexity index is 841. The molecule has 0 radical (unpaired) electrons. The molecular weight excluding hydrogens is 394 g/mol. The Kier molecular flexibility index (Phi) is 7.64. The zero-order chi connectivity index (χ0) is 19.8. The second-order valence-electron chi connectivity index (χ2n) is 5.53. The minimum atomic E-state index is -0.623. The number of rotatable bonds is 8. The van der Waals surface area contributed by atoms with Crippen LogP contribution in [-0.2, 0) is 4.79 Å². The Balaban J connectivity index is 1.68. The van der Waals surface area contributed by atoms with Crippen LogP contribution in [0.1, 0.15) is 16.8 Å². The molecule has 0 unspecified atom stereocenters. The maximum absolute atomic E-state index is 13.3. The van der Waals surface area contributed by atoms with Crippen molar-refractivity contribution in [2.24, 2.45) is 0 Å². The predicted octanol–water partition coefficient (Wildman–Crippen LogP) is 3.96. The first-order valence-electron chi connectivity index (χ1n) is 7.94. The Labute approximate surface area is 166 Å². The normalized spacial score (nSPS) is 10.2. The lowest BCUT2D eigenvalue weighted by atomic mass is 10.2. The predicted molar refractivity (Wildman–Crippen MR) is 103 cm³/mol. The van der Waals surface area contributed by atoms with Crippen molar-refractivity contribution in [2.45, 2.75) is 6.42 Å². The van der Waals surface area contributed by atoms with E-state index >= 15 is 0 Å². The molecule has 0 aliphatic heterocycles. The molecule has 0 atom stereocenters. The monoisotopic (exact) mass is 410 g/mol. The van der Waals surface area contributed by atoms with Crippen molar-refractivity contribution in [3.63, 3.8) is 0 Å². The fraction of sp³-hybridized carbons (Fsp3) is 0.158. The lowest BCUT2D eigenvalue weighted by molar-refractivity contribution is -0.123. The topological polar surface area (TPSA) is 67.4 Å². The van der Waals surface area contributed by atoms with Crippen molar-refractivity contribution in [1.29, 1.82) is 0 Å². The summed E-state index contributed by atoms with van der Waals surface area (Å²) in [5, 5.41) is 5.78. The van der Waals surface area contributed by atoms with Crippen LogP contribution in [0.2, 0.25) is 10.0 Å². The molecule has 0 aliphatic rings. The van der Waals surface area contributed by atoms with E-state index < -0.39 is 5.82 Å². The second kappa shape index (κ2) is 9.94. The van der Waals surface area contributed by atoms with Gasteiger partial charge < -0.3 is 15.4 Å². The van der Waals surface area contributed by atoms with Crippen LogP contribution in [0.4, 0.5) is 4.39 Å². The van der Waals surface area contributed by atoms with Crippen molar-refractivity contribution in [3.8, 4) is 5.75 Å². The van der Waals surface area contributed by atoms with Gasteiger partial charge in [0.25, 0.3) is 11.8 Å². The number of ether oxygens (including phenoxy) is 1. The number of amides is 2. The van der Waals surface area contributed by atoms with E-state index in [2.05, 4.69) is 17.2 Å². The minimum absolute atomic E-state index is 0.0223. The smallest absolute Gasteiger partial charge is 0.257 e. The first kappa shape index (κ1) is 20.7. The van der Waals surface area contributed by atoms with Crippen molar-refractivity contribution < 1.29 is 18.7 Å². The van der Waals surface area contributed by atoms with Crippen LogP contribution in [0.5, 0.6) is 5.75 Å². The summed E-state index contributed by atoms with van der Waals surface area (Å²) in [4.78, 5) is 23.8. The van der Waals surface area contributed by atoms with Gasteiger partial charge in [-0.05, 0) is 36.4 Å². The molecule has 2 aromatic rings. The summed E-state index contributed by atoms with van der Waals surface area (Å²) in [6, 6.07) is 10.3. The fourth-order valence-electron chi connectivity index (χ4n) is 2.02. The molecule has 27 heavy (non-hydrogen) atoms. The summed E-state index contributed by atoms with van der Waals surface area (Å²) >= 11 is 11.3. The first-order chi connectivity index (χ1) is 12.8. The summed E-state index contributed by atoms with van der Waals surface area (Å²) in [7, 11) is 0. The number of hydrogen-bond acceptors (Lipinski definition) is 3. The molecule has 2 N–H and O–H groups in total. The Morgan fingerprint density at radius 2 is 1.81 bits per heavy atom. The van der Waals surface area contributed by atoms with E-state index in [0.29, 0.717) is 22.7 Å². The van der Waals surface area contributed by atoms with E-state index in [-0.39, 0.29) is 35.7 Å². The lowest BCUT2D eigenvalue weighted by Gasteiger charge is -2.10. The van der Waals surface area contributed by atoms with Gasteiger partial charge in [0.15, 0.2) is 6.61 Å². The van der Waals surface area contributed by atoms with Crippen molar-refractivity contribution in [3.05, 3.63) is 76.2 Å². The van der Waals surface area contributed by atoms with Crippen LogP contribution in [0, 0.1) is 5.82 Å². The zero-order valence-electron chi connectivity index (χ0n) is 14.2. The van der Waals surface area contributed by atoms with E-state index in [9.17, 15) is 14.0 Å². The van der Waals surface area contributed by atoms with E-state index in [1.807, 2.05) is 0 Å². The highest BCUT2D eigenvalue weighted by Gasteiger charge is 2.08. The van der Waals surface area contributed by atoms with Gasteiger partial charge in [-0.15, -0.1) is 0 Å². The van der Waals surface area contributed by atoms with E-state index in [1.54, 1.807) is 24.3 Å². The third-order valence-corrected chi connectivity index (χ3v) is 3.97. The SMILES string of the molecule is C=C(CCNC(=O)COc1ccc(Cl)c(F)c1)NC(=O)c1ccc(Cl)cc1. The summed E-state index contributed by atoms with van der Waals surface area (Å²) in [6.07, 6.45) is 0.348. The molecule has 2 rings (SSSR count). The van der Waals surface area contributed by atoms with Gasteiger partial charge in [0.2, 0.25) is 0 Å². The maximum Gasteiger partial charge on any atom is 0.257 e. The Morgan fingerprint density at radius 3 is 2.48 bits per heavy atom. The summed E-state index contributed by atoms with van der Waals surface area (Å²) in [5.74, 6) is -1.12. The highest BCUT2D eigenvalue weighted by molar-refractivity contribution is 6.31. The van der Waals surface area contributed by atoms with Crippen LogP contribution < -0.4 is 15.4 Å². The quantitative estimate of drug-likeness (QED) is 0.691. The molecule has 0 aliphatic carbocycles.